The smallest absolute Gasteiger partial charge is 0.220 e. The van der Waals surface area contributed by atoms with Crippen molar-refractivity contribution in [3.05, 3.63) is 109 Å². The van der Waals surface area contributed by atoms with Crippen LogP contribution in [0.15, 0.2) is 109 Å². The number of carbonyl (C=O) groups excluding carboxylic acids is 1. The van der Waals surface area contributed by atoms with E-state index in [0.717, 1.165) is 89.9 Å². The Balaban J connectivity index is 1.58. The van der Waals surface area contributed by atoms with Crippen molar-refractivity contribution in [3.63, 3.8) is 0 Å². The quantitative estimate of drug-likeness (QED) is 0.0204. The fourth-order valence-electron chi connectivity index (χ4n) is 13.9. The SMILES string of the molecule is CC/C=C\C/C=C\C/C=C\C/C=C\C/C=C\C/C=C\C/C=C\C/C=C\CCCCCCCCCCCCCCCCCCC(=O)NC(COC1OC(CO)C(OC2OC(CO)C(O)C(O)C2O)C(O)C1O)C(O)/C=C/CCCCCCCCCCCCCCCCCCCCCCCCCCCCCC. The number of unbranched alkanes of at least 4 members (excludes halogenated alkanes) is 44. The standard InChI is InChI=1S/C91H161NO13/c1-3-5-7-9-11-13-15-17-19-21-23-25-27-29-31-33-35-36-37-38-39-40-41-42-43-44-45-47-49-51-53-55-57-59-61-63-65-67-69-71-73-75-83(96)92-79(78-102-90-88(101)86(99)89(82(77-94)104-90)105-91-87(100)85(98)84(97)81(76-93)103-91)80(95)74-72-70-68-66-64-62-60-58-56-54-52-50-48-46-34-32-30-28-26-24-22-20-18-16-14-12-10-8-6-4-2/h5,7,11,13,17,19,23,25,29,31,35-36,38-39,41-42,72,74,79-82,84-91,93-95,97-101H,3-4,6,8-10,12,14-16,18,20-22,24,26-28,30,32-34,37,40,43-71,73,75-78H2,1-2H3,(H,92,96)/b7-5-,13-11-,19-17-,25-23-,31-29-,36-35-,39-38-,42-41-,74-72+. The van der Waals surface area contributed by atoms with E-state index in [2.05, 4.69) is 116 Å². The minimum Gasteiger partial charge on any atom is -0.394 e. The van der Waals surface area contributed by atoms with Crippen LogP contribution in [-0.4, -0.2) is 140 Å². The number of hydrogen-bond acceptors (Lipinski definition) is 13. The first-order valence-corrected chi connectivity index (χ1v) is 43.6. The number of aliphatic hydroxyl groups is 8. The molecule has 0 saturated carbocycles. The zero-order valence-electron chi connectivity index (χ0n) is 67.0. The fourth-order valence-corrected chi connectivity index (χ4v) is 13.9. The van der Waals surface area contributed by atoms with Gasteiger partial charge < -0.3 is 65.1 Å². The van der Waals surface area contributed by atoms with Crippen molar-refractivity contribution in [2.24, 2.45) is 0 Å². The molecule has 12 atom stereocenters. The van der Waals surface area contributed by atoms with E-state index in [9.17, 15) is 45.6 Å². The molecule has 0 radical (unpaired) electrons. The summed E-state index contributed by atoms with van der Waals surface area (Å²) in [5, 5.41) is 87.8. The highest BCUT2D eigenvalue weighted by atomic mass is 16.7. The van der Waals surface area contributed by atoms with Crippen LogP contribution in [-0.2, 0) is 23.7 Å². The first-order valence-electron chi connectivity index (χ1n) is 43.6. The normalized spacial score (nSPS) is 21.9. The van der Waals surface area contributed by atoms with Crippen LogP contribution in [0.5, 0.6) is 0 Å². The Morgan fingerprint density at radius 3 is 1.01 bits per heavy atom. The van der Waals surface area contributed by atoms with E-state index in [0.29, 0.717) is 6.42 Å². The second kappa shape index (κ2) is 73.5. The molecular formula is C91H161NO13. The first-order chi connectivity index (χ1) is 51.6. The number of allylic oxidation sites excluding steroid dienone is 17. The fraction of sp³-hybridized carbons (Fsp3) is 0.791. The van der Waals surface area contributed by atoms with Gasteiger partial charge in [-0.3, -0.25) is 4.79 Å². The molecule has 608 valence electrons. The average Bonchev–Trinajstić information content (AvgIpc) is 0.769. The summed E-state index contributed by atoms with van der Waals surface area (Å²) in [5.41, 5.74) is 0. The molecular weight excluding hydrogens is 1310 g/mol. The van der Waals surface area contributed by atoms with Gasteiger partial charge in [0.2, 0.25) is 5.91 Å². The number of nitrogens with one attached hydrogen (secondary N) is 1. The number of hydrogen-bond donors (Lipinski definition) is 9. The third kappa shape index (κ3) is 55.7. The third-order valence-electron chi connectivity index (χ3n) is 20.7. The molecule has 0 spiro atoms. The molecule has 0 bridgehead atoms. The van der Waals surface area contributed by atoms with Gasteiger partial charge in [-0.05, 0) is 83.5 Å². The summed E-state index contributed by atoms with van der Waals surface area (Å²) in [6, 6.07) is -0.922. The van der Waals surface area contributed by atoms with E-state index in [1.54, 1.807) is 6.08 Å². The van der Waals surface area contributed by atoms with Crippen molar-refractivity contribution >= 4 is 5.91 Å². The monoisotopic (exact) mass is 1480 g/mol. The van der Waals surface area contributed by atoms with Gasteiger partial charge in [-0.15, -0.1) is 0 Å². The maximum atomic E-state index is 13.4. The van der Waals surface area contributed by atoms with Gasteiger partial charge in [0.25, 0.3) is 0 Å². The lowest BCUT2D eigenvalue weighted by Gasteiger charge is -2.46. The zero-order valence-corrected chi connectivity index (χ0v) is 67.0. The Hall–Kier alpha value is -3.35. The summed E-state index contributed by atoms with van der Waals surface area (Å²) in [7, 11) is 0. The molecule has 2 rings (SSSR count). The van der Waals surface area contributed by atoms with Crippen LogP contribution in [0.4, 0.5) is 0 Å². The van der Waals surface area contributed by atoms with E-state index < -0.39 is 86.8 Å². The summed E-state index contributed by atoms with van der Waals surface area (Å²) in [5.74, 6) is -0.237. The van der Waals surface area contributed by atoms with E-state index in [-0.39, 0.29) is 18.9 Å². The number of carbonyl (C=O) groups is 1. The topological polar surface area (TPSA) is 228 Å². The lowest BCUT2D eigenvalue weighted by atomic mass is 9.97. The van der Waals surface area contributed by atoms with Crippen molar-refractivity contribution in [2.75, 3.05) is 19.8 Å². The maximum Gasteiger partial charge on any atom is 0.220 e. The van der Waals surface area contributed by atoms with Crippen molar-refractivity contribution in [1.29, 1.82) is 0 Å². The molecule has 9 N–H and O–H groups in total. The van der Waals surface area contributed by atoms with Gasteiger partial charge in [-0.25, -0.2) is 0 Å². The van der Waals surface area contributed by atoms with Crippen LogP contribution in [0.25, 0.3) is 0 Å². The Morgan fingerprint density at radius 2 is 0.657 bits per heavy atom. The highest BCUT2D eigenvalue weighted by molar-refractivity contribution is 5.76. The molecule has 2 saturated heterocycles. The van der Waals surface area contributed by atoms with Gasteiger partial charge in [0.1, 0.15) is 48.8 Å². The Kier molecular flexibility index (Phi) is 68.4. The Morgan fingerprint density at radius 1 is 0.352 bits per heavy atom. The largest absolute Gasteiger partial charge is 0.394 e. The predicted octanol–water partition coefficient (Wildman–Crippen LogP) is 21.0. The molecule has 2 heterocycles. The number of ether oxygens (including phenoxy) is 4. The highest BCUT2D eigenvalue weighted by Crippen LogP contribution is 2.30. The molecule has 0 aliphatic carbocycles. The summed E-state index contributed by atoms with van der Waals surface area (Å²) in [4.78, 5) is 13.4. The van der Waals surface area contributed by atoms with E-state index in [1.165, 1.54) is 250 Å². The van der Waals surface area contributed by atoms with Crippen LogP contribution < -0.4 is 5.32 Å². The third-order valence-corrected chi connectivity index (χ3v) is 20.7. The molecule has 1 amide bonds. The van der Waals surface area contributed by atoms with Crippen LogP contribution in [0, 0.1) is 0 Å². The van der Waals surface area contributed by atoms with Gasteiger partial charge >= 0.3 is 0 Å². The molecule has 14 nitrogen and oxygen atoms in total. The minimum absolute atomic E-state index is 0.237. The highest BCUT2D eigenvalue weighted by Gasteiger charge is 2.51. The lowest BCUT2D eigenvalue weighted by Crippen LogP contribution is -2.65. The molecule has 2 aliphatic rings. The van der Waals surface area contributed by atoms with Gasteiger partial charge in [0, 0.05) is 6.42 Å². The Labute approximate surface area is 642 Å². The van der Waals surface area contributed by atoms with Gasteiger partial charge in [-0.1, -0.05) is 386 Å². The lowest BCUT2D eigenvalue weighted by molar-refractivity contribution is -0.359. The first kappa shape index (κ1) is 97.7. The maximum absolute atomic E-state index is 13.4. The van der Waals surface area contributed by atoms with Crippen molar-refractivity contribution in [2.45, 2.75) is 441 Å². The molecule has 14 heteroatoms. The van der Waals surface area contributed by atoms with Crippen molar-refractivity contribution in [3.8, 4) is 0 Å². The summed E-state index contributed by atoms with van der Waals surface area (Å²) >= 11 is 0. The van der Waals surface area contributed by atoms with Crippen LogP contribution in [0.3, 0.4) is 0 Å². The summed E-state index contributed by atoms with van der Waals surface area (Å²) < 4.78 is 23.0. The molecule has 0 aromatic rings. The number of rotatable bonds is 73. The number of amides is 1. The van der Waals surface area contributed by atoms with Crippen molar-refractivity contribution < 1.29 is 64.6 Å². The average molecular weight is 1480 g/mol. The second-order valence-corrected chi connectivity index (χ2v) is 30.3. The van der Waals surface area contributed by atoms with Crippen molar-refractivity contribution in [1.82, 2.24) is 5.32 Å². The number of aliphatic hydroxyl groups excluding tert-OH is 8. The molecule has 12 unspecified atom stereocenters. The molecule has 2 aliphatic heterocycles. The van der Waals surface area contributed by atoms with Gasteiger partial charge in [0.15, 0.2) is 12.6 Å². The predicted molar refractivity (Wildman–Crippen MR) is 438 cm³/mol. The molecule has 105 heavy (non-hydrogen) atoms. The minimum atomic E-state index is -1.79. The van der Waals surface area contributed by atoms with E-state index in [1.807, 2.05) is 6.08 Å². The molecule has 0 aromatic heterocycles. The van der Waals surface area contributed by atoms with Crippen LogP contribution in [0.2, 0.25) is 0 Å². The molecule has 2 fully saturated rings. The van der Waals surface area contributed by atoms with Gasteiger partial charge in [-0.2, -0.15) is 0 Å². The van der Waals surface area contributed by atoms with E-state index >= 15 is 0 Å². The summed E-state index contributed by atoms with van der Waals surface area (Å²) in [6.07, 6.45) is 90.4. The second-order valence-electron chi connectivity index (χ2n) is 30.3. The Bertz CT molecular complexity index is 2190. The summed E-state index contributed by atoms with van der Waals surface area (Å²) in [6.45, 7) is 2.73. The van der Waals surface area contributed by atoms with Gasteiger partial charge in [0.05, 0.1) is 32.0 Å². The van der Waals surface area contributed by atoms with E-state index in [4.69, 9.17) is 18.9 Å². The zero-order chi connectivity index (χ0) is 75.8. The van der Waals surface area contributed by atoms with Crippen LogP contribution in [0.1, 0.15) is 367 Å². The van der Waals surface area contributed by atoms with Crippen LogP contribution >= 0.6 is 0 Å². The molecule has 0 aromatic carbocycles.